The van der Waals surface area contributed by atoms with Crippen molar-refractivity contribution in [3.8, 4) is 0 Å². The number of aromatic nitrogens is 1. The number of aromatic amines is 1. The molecule has 1 aromatic carbocycles. The summed E-state index contributed by atoms with van der Waals surface area (Å²) in [6.07, 6.45) is 1.09. The summed E-state index contributed by atoms with van der Waals surface area (Å²) < 4.78 is 18.3. The molecule has 0 saturated carbocycles. The van der Waals surface area contributed by atoms with Crippen LogP contribution in [0.1, 0.15) is 32.4 Å². The van der Waals surface area contributed by atoms with E-state index in [1.807, 2.05) is 0 Å². The molecule has 0 aliphatic carbocycles. The molecular formula is C15H20FN3O3. The lowest BCUT2D eigenvalue weighted by molar-refractivity contribution is 0.0503. The number of alkyl carbamates (subject to hydrolysis) is 1. The Kier molecular flexibility index (Phi) is 4.68. The highest BCUT2D eigenvalue weighted by molar-refractivity contribution is 5.83. The molecule has 1 unspecified atom stereocenters. The van der Waals surface area contributed by atoms with Crippen LogP contribution in [0.25, 0.3) is 10.9 Å². The summed E-state index contributed by atoms with van der Waals surface area (Å²) in [6.45, 7) is 5.42. The zero-order valence-corrected chi connectivity index (χ0v) is 12.7. The summed E-state index contributed by atoms with van der Waals surface area (Å²) in [5, 5.41) is 12.7. The first-order valence-corrected chi connectivity index (χ1v) is 6.93. The third kappa shape index (κ3) is 3.96. The van der Waals surface area contributed by atoms with Crippen molar-refractivity contribution in [2.75, 3.05) is 6.54 Å². The van der Waals surface area contributed by atoms with E-state index in [0.29, 0.717) is 11.1 Å². The molecule has 4 N–H and O–H groups in total. The number of amides is 1. The number of ether oxygens (including phenoxy) is 1. The quantitative estimate of drug-likeness (QED) is 0.654. The Balaban J connectivity index is 2.09. The number of rotatable bonds is 4. The fraction of sp³-hybridized carbons (Fsp3) is 0.400. The lowest BCUT2D eigenvalue weighted by Gasteiger charge is -2.21. The largest absolute Gasteiger partial charge is 0.444 e. The van der Waals surface area contributed by atoms with Crippen LogP contribution in [0.3, 0.4) is 0 Å². The Morgan fingerprint density at radius 2 is 2.18 bits per heavy atom. The van der Waals surface area contributed by atoms with E-state index in [4.69, 9.17) is 4.74 Å². The topological polar surface area (TPSA) is 86.4 Å². The van der Waals surface area contributed by atoms with Crippen LogP contribution >= 0.6 is 0 Å². The number of hydrogen-bond donors (Lipinski definition) is 4. The normalized spacial score (nSPS) is 13.1. The maximum absolute atomic E-state index is 13.2. The summed E-state index contributed by atoms with van der Waals surface area (Å²) in [7, 11) is 0. The molecule has 6 nitrogen and oxygen atoms in total. The van der Waals surface area contributed by atoms with Gasteiger partial charge in [-0.1, -0.05) is 0 Å². The second kappa shape index (κ2) is 6.33. The molecule has 22 heavy (non-hydrogen) atoms. The number of benzene rings is 1. The van der Waals surface area contributed by atoms with Gasteiger partial charge in [0, 0.05) is 23.6 Å². The van der Waals surface area contributed by atoms with Crippen LogP contribution in [0.5, 0.6) is 0 Å². The van der Waals surface area contributed by atoms with E-state index in [9.17, 15) is 14.4 Å². The molecule has 2 rings (SSSR count). The highest BCUT2D eigenvalue weighted by Gasteiger charge is 2.19. The summed E-state index contributed by atoms with van der Waals surface area (Å²) in [5.74, 6) is -0.346. The number of halogens is 1. The summed E-state index contributed by atoms with van der Waals surface area (Å²) in [5.41, 5.74) is 2.89. The number of carbonyl (C=O) groups excluding carboxylic acids is 1. The van der Waals surface area contributed by atoms with Crippen LogP contribution in [0.4, 0.5) is 9.18 Å². The molecule has 1 aromatic heterocycles. The minimum atomic E-state index is -0.593. The van der Waals surface area contributed by atoms with E-state index < -0.39 is 17.7 Å². The smallest absolute Gasteiger partial charge is 0.407 e. The van der Waals surface area contributed by atoms with Gasteiger partial charge in [-0.25, -0.2) is 9.18 Å². The molecule has 0 aliphatic rings. The minimum Gasteiger partial charge on any atom is -0.444 e. The number of carbonyl (C=O) groups is 1. The standard InChI is InChI=1S/C15H20FN3O3/c1-15(2,3)22-14(20)18-8-13(19-21)11-7-17-12-6-9(16)4-5-10(11)12/h4-7,13,17,19,21H,8H2,1-3H3,(H,18,20). The summed E-state index contributed by atoms with van der Waals surface area (Å²) in [4.78, 5) is 14.6. The first-order chi connectivity index (χ1) is 10.3. The van der Waals surface area contributed by atoms with Crippen LogP contribution < -0.4 is 10.8 Å². The predicted molar refractivity (Wildman–Crippen MR) is 80.2 cm³/mol. The highest BCUT2D eigenvalue weighted by Crippen LogP contribution is 2.24. The van der Waals surface area contributed by atoms with Crippen molar-refractivity contribution in [2.24, 2.45) is 0 Å². The molecule has 0 spiro atoms. The van der Waals surface area contributed by atoms with Crippen LogP contribution in [-0.4, -0.2) is 28.4 Å². The predicted octanol–water partition coefficient (Wildman–Crippen LogP) is 2.85. The molecule has 0 saturated heterocycles. The molecule has 7 heteroatoms. The third-order valence-corrected chi connectivity index (χ3v) is 3.06. The van der Waals surface area contributed by atoms with Gasteiger partial charge in [0.05, 0.1) is 6.04 Å². The monoisotopic (exact) mass is 309 g/mol. The lowest BCUT2D eigenvalue weighted by atomic mass is 10.1. The van der Waals surface area contributed by atoms with Gasteiger partial charge >= 0.3 is 6.09 Å². The van der Waals surface area contributed by atoms with Gasteiger partial charge in [0.15, 0.2) is 0 Å². The molecule has 1 amide bonds. The van der Waals surface area contributed by atoms with Crippen molar-refractivity contribution in [3.05, 3.63) is 35.8 Å². The fourth-order valence-electron chi connectivity index (χ4n) is 2.13. The van der Waals surface area contributed by atoms with Crippen molar-refractivity contribution in [3.63, 3.8) is 0 Å². The van der Waals surface area contributed by atoms with E-state index in [1.54, 1.807) is 33.0 Å². The first-order valence-electron chi connectivity index (χ1n) is 6.93. The average molecular weight is 309 g/mol. The molecule has 2 aromatic rings. The van der Waals surface area contributed by atoms with Gasteiger partial charge in [-0.3, -0.25) is 0 Å². The molecular weight excluding hydrogens is 289 g/mol. The fourth-order valence-corrected chi connectivity index (χ4v) is 2.13. The molecule has 1 atom stereocenters. The first kappa shape index (κ1) is 16.3. The Labute approximate surface area is 127 Å². The van der Waals surface area contributed by atoms with Crippen molar-refractivity contribution >= 4 is 17.0 Å². The number of H-pyrrole nitrogens is 1. The van der Waals surface area contributed by atoms with E-state index >= 15 is 0 Å². The maximum Gasteiger partial charge on any atom is 0.407 e. The van der Waals surface area contributed by atoms with E-state index in [-0.39, 0.29) is 12.4 Å². The van der Waals surface area contributed by atoms with Crippen molar-refractivity contribution < 1.29 is 19.1 Å². The maximum atomic E-state index is 13.2. The van der Waals surface area contributed by atoms with Gasteiger partial charge in [-0.15, -0.1) is 0 Å². The molecule has 1 heterocycles. The number of hydrogen-bond acceptors (Lipinski definition) is 4. The Bertz CT molecular complexity index is 664. The number of fused-ring (bicyclic) bond motifs is 1. The second-order valence-electron chi connectivity index (χ2n) is 6.00. The molecule has 0 radical (unpaired) electrons. The van der Waals surface area contributed by atoms with Crippen molar-refractivity contribution in [2.45, 2.75) is 32.4 Å². The van der Waals surface area contributed by atoms with Crippen LogP contribution in [0, 0.1) is 5.82 Å². The third-order valence-electron chi connectivity index (χ3n) is 3.06. The van der Waals surface area contributed by atoms with Gasteiger partial charge < -0.3 is 20.2 Å². The molecule has 0 fully saturated rings. The van der Waals surface area contributed by atoms with Gasteiger partial charge in [0.1, 0.15) is 11.4 Å². The summed E-state index contributed by atoms with van der Waals surface area (Å²) >= 11 is 0. The molecule has 0 aliphatic heterocycles. The number of hydroxylamine groups is 1. The average Bonchev–Trinajstić information content (AvgIpc) is 2.80. The SMILES string of the molecule is CC(C)(C)OC(=O)NCC(NO)c1c[nH]c2cc(F)ccc12. The van der Waals surface area contributed by atoms with Gasteiger partial charge in [0.2, 0.25) is 0 Å². The number of nitrogens with one attached hydrogen (secondary N) is 3. The Morgan fingerprint density at radius 3 is 2.82 bits per heavy atom. The van der Waals surface area contributed by atoms with E-state index in [2.05, 4.69) is 15.8 Å². The lowest BCUT2D eigenvalue weighted by Crippen LogP contribution is -2.37. The van der Waals surface area contributed by atoms with Gasteiger partial charge in [0.25, 0.3) is 0 Å². The van der Waals surface area contributed by atoms with Gasteiger partial charge in [-0.05, 0) is 44.5 Å². The minimum absolute atomic E-state index is 0.121. The van der Waals surface area contributed by atoms with Crippen molar-refractivity contribution in [1.82, 2.24) is 15.8 Å². The Morgan fingerprint density at radius 1 is 1.45 bits per heavy atom. The summed E-state index contributed by atoms with van der Waals surface area (Å²) in [6, 6.07) is 3.78. The second-order valence-corrected chi connectivity index (χ2v) is 6.00. The molecule has 120 valence electrons. The van der Waals surface area contributed by atoms with Crippen LogP contribution in [0.2, 0.25) is 0 Å². The molecule has 0 bridgehead atoms. The zero-order chi connectivity index (χ0) is 16.3. The van der Waals surface area contributed by atoms with Crippen molar-refractivity contribution in [1.29, 1.82) is 0 Å². The van der Waals surface area contributed by atoms with Crippen LogP contribution in [0.15, 0.2) is 24.4 Å². The van der Waals surface area contributed by atoms with E-state index in [0.717, 1.165) is 5.39 Å². The zero-order valence-electron chi connectivity index (χ0n) is 12.7. The Hall–Kier alpha value is -2.12. The highest BCUT2D eigenvalue weighted by atomic mass is 19.1. The van der Waals surface area contributed by atoms with Gasteiger partial charge in [-0.2, -0.15) is 5.48 Å². The van der Waals surface area contributed by atoms with E-state index in [1.165, 1.54) is 12.1 Å². The van der Waals surface area contributed by atoms with Crippen LogP contribution in [-0.2, 0) is 4.74 Å².